The first-order valence-electron chi connectivity index (χ1n) is 7.32. The summed E-state index contributed by atoms with van der Waals surface area (Å²) in [4.78, 5) is 13.3. The molecule has 0 amide bonds. The molecule has 0 unspecified atom stereocenters. The minimum Gasteiger partial charge on any atom is -0.508 e. The van der Waals surface area contributed by atoms with Gasteiger partial charge in [-0.15, -0.1) is 0 Å². The van der Waals surface area contributed by atoms with Crippen LogP contribution in [-0.2, 0) is 6.42 Å². The Morgan fingerprint density at radius 1 is 0.913 bits per heavy atom. The molecule has 0 saturated carbocycles. The number of fused-ring (bicyclic) bond motifs is 1. The van der Waals surface area contributed by atoms with Gasteiger partial charge in [-0.1, -0.05) is 12.1 Å². The van der Waals surface area contributed by atoms with Gasteiger partial charge in [-0.2, -0.15) is 0 Å². The van der Waals surface area contributed by atoms with Gasteiger partial charge in [0.2, 0.25) is 0 Å². The molecule has 5 heteroatoms. The molecule has 0 aliphatic rings. The molecule has 0 saturated heterocycles. The molecule has 3 heterocycles. The van der Waals surface area contributed by atoms with Crippen molar-refractivity contribution in [1.82, 2.24) is 19.5 Å². The maximum absolute atomic E-state index is 9.43. The number of phenolic OH excluding ortho intramolecular Hbond substituents is 1. The summed E-state index contributed by atoms with van der Waals surface area (Å²) in [7, 11) is 0. The van der Waals surface area contributed by atoms with Crippen LogP contribution in [0, 0.1) is 0 Å². The van der Waals surface area contributed by atoms with Crippen LogP contribution in [0.3, 0.4) is 0 Å². The van der Waals surface area contributed by atoms with Crippen molar-refractivity contribution < 1.29 is 5.11 Å². The largest absolute Gasteiger partial charge is 0.508 e. The van der Waals surface area contributed by atoms with Crippen LogP contribution in [0.5, 0.6) is 5.75 Å². The molecule has 0 atom stereocenters. The molecule has 0 spiro atoms. The fourth-order valence-corrected chi connectivity index (χ4v) is 2.64. The maximum atomic E-state index is 9.43. The number of hydrogen-bond acceptors (Lipinski definition) is 4. The number of aromatic nitrogens is 4. The molecule has 0 aliphatic heterocycles. The molecular formula is C18H14N4O. The fourth-order valence-electron chi connectivity index (χ4n) is 2.64. The van der Waals surface area contributed by atoms with Crippen molar-refractivity contribution >= 4 is 11.2 Å². The molecule has 23 heavy (non-hydrogen) atoms. The molecule has 4 rings (SSSR count). The van der Waals surface area contributed by atoms with E-state index >= 15 is 0 Å². The van der Waals surface area contributed by atoms with Gasteiger partial charge in [0.15, 0.2) is 5.65 Å². The Morgan fingerprint density at radius 3 is 2.48 bits per heavy atom. The lowest BCUT2D eigenvalue weighted by Gasteiger charge is -2.08. The molecule has 1 aromatic carbocycles. The Bertz CT molecular complexity index is 946. The Morgan fingerprint density at radius 2 is 1.70 bits per heavy atom. The topological polar surface area (TPSA) is 63.8 Å². The first-order chi connectivity index (χ1) is 11.3. The summed E-state index contributed by atoms with van der Waals surface area (Å²) in [5.74, 6) is 1.16. The van der Waals surface area contributed by atoms with Gasteiger partial charge in [0.25, 0.3) is 0 Å². The molecule has 0 aliphatic carbocycles. The van der Waals surface area contributed by atoms with Gasteiger partial charge in [-0.25, -0.2) is 9.97 Å². The zero-order valence-corrected chi connectivity index (χ0v) is 12.3. The highest BCUT2D eigenvalue weighted by molar-refractivity contribution is 5.73. The van der Waals surface area contributed by atoms with Crippen LogP contribution < -0.4 is 0 Å². The van der Waals surface area contributed by atoms with Gasteiger partial charge in [0.05, 0.1) is 5.69 Å². The molecule has 0 bridgehead atoms. The predicted octanol–water partition coefficient (Wildman–Crippen LogP) is 3.11. The van der Waals surface area contributed by atoms with E-state index in [1.807, 2.05) is 41.0 Å². The number of pyridine rings is 2. The Balaban J connectivity index is 1.87. The van der Waals surface area contributed by atoms with E-state index in [-0.39, 0.29) is 5.75 Å². The summed E-state index contributed by atoms with van der Waals surface area (Å²) >= 11 is 0. The number of imidazole rings is 1. The minimum atomic E-state index is 0.262. The Labute approximate surface area is 132 Å². The third-order valence-electron chi connectivity index (χ3n) is 3.71. The van der Waals surface area contributed by atoms with Gasteiger partial charge < -0.3 is 5.11 Å². The molecule has 112 valence electrons. The minimum absolute atomic E-state index is 0.262. The van der Waals surface area contributed by atoms with Crippen molar-refractivity contribution in [3.63, 3.8) is 0 Å². The van der Waals surface area contributed by atoms with E-state index in [0.717, 1.165) is 28.2 Å². The molecule has 1 N–H and O–H groups in total. The number of nitrogens with zero attached hydrogens (tertiary/aromatic N) is 4. The summed E-state index contributed by atoms with van der Waals surface area (Å²) in [5.41, 5.74) is 3.74. The lowest BCUT2D eigenvalue weighted by Crippen LogP contribution is -2.03. The van der Waals surface area contributed by atoms with E-state index in [4.69, 9.17) is 4.98 Å². The zero-order valence-electron chi connectivity index (χ0n) is 12.3. The van der Waals surface area contributed by atoms with E-state index in [1.165, 1.54) is 0 Å². The van der Waals surface area contributed by atoms with Crippen molar-refractivity contribution in [1.29, 1.82) is 0 Å². The smallest absolute Gasteiger partial charge is 0.164 e. The van der Waals surface area contributed by atoms with E-state index in [9.17, 15) is 5.11 Å². The van der Waals surface area contributed by atoms with Crippen LogP contribution in [0.2, 0.25) is 0 Å². The summed E-state index contributed by atoms with van der Waals surface area (Å²) in [6.45, 7) is 0. The molecule has 5 nitrogen and oxygen atoms in total. The number of hydrogen-bond donors (Lipinski definition) is 1. The van der Waals surface area contributed by atoms with Gasteiger partial charge in [0, 0.05) is 25.0 Å². The van der Waals surface area contributed by atoms with Crippen molar-refractivity contribution in [2.24, 2.45) is 0 Å². The standard InChI is InChI=1S/C18H14N4O/c23-15-5-3-13(4-6-15)12-17-21-16-2-1-9-20-18(16)22(17)14-7-10-19-11-8-14/h1-11,23H,12H2. The van der Waals surface area contributed by atoms with Crippen LogP contribution in [0.4, 0.5) is 0 Å². The highest BCUT2D eigenvalue weighted by atomic mass is 16.3. The second-order valence-electron chi connectivity index (χ2n) is 5.26. The van der Waals surface area contributed by atoms with Crippen LogP contribution >= 0.6 is 0 Å². The van der Waals surface area contributed by atoms with Crippen molar-refractivity contribution in [2.75, 3.05) is 0 Å². The SMILES string of the molecule is Oc1ccc(Cc2nc3cccnc3n2-c2ccncc2)cc1. The quantitative estimate of drug-likeness (QED) is 0.631. The first kappa shape index (κ1) is 13.5. The summed E-state index contributed by atoms with van der Waals surface area (Å²) < 4.78 is 2.05. The monoisotopic (exact) mass is 302 g/mol. The normalized spacial score (nSPS) is 11.0. The molecule has 0 fully saturated rings. The van der Waals surface area contributed by atoms with Gasteiger partial charge in [0.1, 0.15) is 17.1 Å². The van der Waals surface area contributed by atoms with Gasteiger partial charge in [-0.05, 0) is 42.0 Å². The number of rotatable bonds is 3. The number of benzene rings is 1. The predicted molar refractivity (Wildman–Crippen MR) is 87.6 cm³/mol. The molecule has 3 aromatic heterocycles. The Kier molecular flexibility index (Phi) is 3.24. The Hall–Kier alpha value is -3.21. The highest BCUT2D eigenvalue weighted by Crippen LogP contribution is 2.22. The van der Waals surface area contributed by atoms with E-state index in [0.29, 0.717) is 6.42 Å². The lowest BCUT2D eigenvalue weighted by atomic mass is 10.1. The molecule has 4 aromatic rings. The summed E-state index contributed by atoms with van der Waals surface area (Å²) in [5, 5.41) is 9.43. The third kappa shape index (κ3) is 2.53. The van der Waals surface area contributed by atoms with E-state index < -0.39 is 0 Å². The highest BCUT2D eigenvalue weighted by Gasteiger charge is 2.13. The average molecular weight is 302 g/mol. The molecular weight excluding hydrogens is 288 g/mol. The fraction of sp³-hybridized carbons (Fsp3) is 0.0556. The van der Waals surface area contributed by atoms with Crippen LogP contribution in [0.1, 0.15) is 11.4 Å². The zero-order chi connectivity index (χ0) is 15.6. The third-order valence-corrected chi connectivity index (χ3v) is 3.71. The number of phenols is 1. The van der Waals surface area contributed by atoms with Crippen LogP contribution in [0.25, 0.3) is 16.9 Å². The maximum Gasteiger partial charge on any atom is 0.164 e. The van der Waals surface area contributed by atoms with Crippen molar-refractivity contribution in [3.05, 3.63) is 78.5 Å². The lowest BCUT2D eigenvalue weighted by molar-refractivity contribution is 0.475. The van der Waals surface area contributed by atoms with Gasteiger partial charge in [-0.3, -0.25) is 9.55 Å². The second-order valence-corrected chi connectivity index (χ2v) is 5.26. The molecule has 0 radical (unpaired) electrons. The van der Waals surface area contributed by atoms with Crippen molar-refractivity contribution in [2.45, 2.75) is 6.42 Å². The average Bonchev–Trinajstić information content (AvgIpc) is 2.95. The summed E-state index contributed by atoms with van der Waals surface area (Å²) in [6, 6.07) is 14.9. The van der Waals surface area contributed by atoms with E-state index in [1.54, 1.807) is 30.7 Å². The van der Waals surface area contributed by atoms with Crippen LogP contribution in [-0.4, -0.2) is 24.6 Å². The second kappa shape index (κ2) is 5.53. The van der Waals surface area contributed by atoms with E-state index in [2.05, 4.69) is 9.97 Å². The van der Waals surface area contributed by atoms with Crippen LogP contribution in [0.15, 0.2) is 67.1 Å². The van der Waals surface area contributed by atoms with Gasteiger partial charge >= 0.3 is 0 Å². The summed E-state index contributed by atoms with van der Waals surface area (Å²) in [6.07, 6.45) is 5.94. The first-order valence-corrected chi connectivity index (χ1v) is 7.32. The number of aromatic hydroxyl groups is 1. The van der Waals surface area contributed by atoms with Crippen molar-refractivity contribution in [3.8, 4) is 11.4 Å².